The lowest BCUT2D eigenvalue weighted by atomic mass is 9.99. The van der Waals surface area contributed by atoms with Gasteiger partial charge in [0.15, 0.2) is 0 Å². The molecule has 0 radical (unpaired) electrons. The first-order valence-electron chi connectivity index (χ1n) is 11.8. The van der Waals surface area contributed by atoms with Gasteiger partial charge in [-0.3, -0.25) is 0 Å². The van der Waals surface area contributed by atoms with E-state index in [1.165, 1.54) is 37.3 Å². The first-order chi connectivity index (χ1) is 15.2. The van der Waals surface area contributed by atoms with Crippen molar-refractivity contribution in [3.8, 4) is 5.75 Å². The maximum atomic E-state index is 11.0. The molecule has 0 bridgehead atoms. The topological polar surface area (TPSA) is 46.5 Å². The Kier molecular flexibility index (Phi) is 15.6. The van der Waals surface area contributed by atoms with Crippen LogP contribution in [0.1, 0.15) is 82.3 Å². The second-order valence-electron chi connectivity index (χ2n) is 7.71. The smallest absolute Gasteiger partial charge is 0.328 e. The van der Waals surface area contributed by atoms with Gasteiger partial charge in [0.2, 0.25) is 0 Å². The lowest BCUT2D eigenvalue weighted by Gasteiger charge is -2.13. The van der Waals surface area contributed by atoms with Gasteiger partial charge in [-0.25, -0.2) is 4.79 Å². The number of hydrogen-bond donors (Lipinski definition) is 1. The van der Waals surface area contributed by atoms with Crippen LogP contribution >= 0.6 is 0 Å². The zero-order valence-corrected chi connectivity index (χ0v) is 19.2. The first-order valence-corrected chi connectivity index (χ1v) is 11.8. The zero-order valence-electron chi connectivity index (χ0n) is 19.2. The largest absolute Gasteiger partial charge is 0.493 e. The number of carboxylic acids is 1. The number of rotatable bonds is 18. The Morgan fingerprint density at radius 2 is 1.74 bits per heavy atom. The van der Waals surface area contributed by atoms with Crippen LogP contribution in [0.25, 0.3) is 6.08 Å². The van der Waals surface area contributed by atoms with Crippen molar-refractivity contribution < 1.29 is 14.6 Å². The predicted octanol–water partition coefficient (Wildman–Crippen LogP) is 7.93. The molecule has 0 aliphatic carbocycles. The Hall–Kier alpha value is -2.55. The molecule has 0 heterocycles. The van der Waals surface area contributed by atoms with E-state index in [4.69, 9.17) is 9.84 Å². The van der Waals surface area contributed by atoms with Gasteiger partial charge in [0, 0.05) is 11.6 Å². The van der Waals surface area contributed by atoms with Crippen molar-refractivity contribution in [3.05, 3.63) is 72.4 Å². The van der Waals surface area contributed by atoms with Crippen LogP contribution in [-0.2, 0) is 11.2 Å². The molecule has 1 N–H and O–H groups in total. The Labute approximate surface area is 189 Å². The molecule has 1 aromatic carbocycles. The van der Waals surface area contributed by atoms with Gasteiger partial charge in [-0.1, -0.05) is 75.1 Å². The molecular formula is C28H40O3. The maximum Gasteiger partial charge on any atom is 0.328 e. The van der Waals surface area contributed by atoms with Gasteiger partial charge in [-0.2, -0.15) is 0 Å². The summed E-state index contributed by atoms with van der Waals surface area (Å²) in [6, 6.07) is 6.03. The van der Waals surface area contributed by atoms with Crippen LogP contribution < -0.4 is 4.74 Å². The van der Waals surface area contributed by atoms with Crippen LogP contribution in [0.15, 0.2) is 61.2 Å². The Balaban J connectivity index is 2.38. The molecule has 0 aliphatic heterocycles. The van der Waals surface area contributed by atoms with E-state index in [0.29, 0.717) is 6.61 Å². The summed E-state index contributed by atoms with van der Waals surface area (Å²) in [5.74, 6) is -0.147. The van der Waals surface area contributed by atoms with E-state index in [0.717, 1.165) is 56.3 Å². The van der Waals surface area contributed by atoms with Crippen molar-refractivity contribution in [3.63, 3.8) is 0 Å². The molecule has 0 saturated carbocycles. The summed E-state index contributed by atoms with van der Waals surface area (Å²) in [6.07, 6.45) is 25.8. The van der Waals surface area contributed by atoms with Crippen LogP contribution in [0.3, 0.4) is 0 Å². The average molecular weight is 425 g/mol. The molecule has 0 amide bonds. The predicted molar refractivity (Wildman–Crippen MR) is 133 cm³/mol. The molecule has 0 spiro atoms. The molecule has 0 atom stereocenters. The molecule has 170 valence electrons. The normalized spacial score (nSPS) is 11.6. The molecule has 0 unspecified atom stereocenters. The Bertz CT molecular complexity index is 713. The molecule has 0 aliphatic rings. The molecule has 0 aromatic heterocycles. The van der Waals surface area contributed by atoms with Crippen molar-refractivity contribution >= 4 is 12.0 Å². The summed E-state index contributed by atoms with van der Waals surface area (Å²) < 4.78 is 5.91. The molecule has 3 nitrogen and oxygen atoms in total. The third-order valence-electron chi connectivity index (χ3n) is 5.03. The summed E-state index contributed by atoms with van der Waals surface area (Å²) in [5.41, 5.74) is 2.08. The zero-order chi connectivity index (χ0) is 22.6. The van der Waals surface area contributed by atoms with Crippen molar-refractivity contribution in [2.75, 3.05) is 6.61 Å². The summed E-state index contributed by atoms with van der Waals surface area (Å²) in [7, 11) is 0. The molecule has 1 rings (SSSR count). The average Bonchev–Trinajstić information content (AvgIpc) is 2.76. The number of carbonyl (C=O) groups is 1. The number of carboxylic acid groups (broad SMARTS) is 1. The number of aliphatic carboxylic acids is 1. The van der Waals surface area contributed by atoms with Gasteiger partial charge in [0.05, 0.1) is 6.61 Å². The maximum absolute atomic E-state index is 11.0. The van der Waals surface area contributed by atoms with Crippen LogP contribution in [-0.4, -0.2) is 17.7 Å². The van der Waals surface area contributed by atoms with Crippen LogP contribution in [0.2, 0.25) is 0 Å². The van der Waals surface area contributed by atoms with E-state index >= 15 is 0 Å². The summed E-state index contributed by atoms with van der Waals surface area (Å²) >= 11 is 0. The van der Waals surface area contributed by atoms with Gasteiger partial charge in [0.25, 0.3) is 0 Å². The highest BCUT2D eigenvalue weighted by molar-refractivity contribution is 5.86. The molecule has 0 fully saturated rings. The van der Waals surface area contributed by atoms with Gasteiger partial charge < -0.3 is 9.84 Å². The first kappa shape index (κ1) is 26.5. The number of aryl methyl sites for hydroxylation is 1. The summed E-state index contributed by atoms with van der Waals surface area (Å²) in [6.45, 7) is 6.49. The van der Waals surface area contributed by atoms with E-state index < -0.39 is 5.97 Å². The Morgan fingerprint density at radius 3 is 2.52 bits per heavy atom. The SMILES string of the molecule is C=CC/C=C\C/C=C\CCCCCCCc1cccc(OCCCC)c1/C=C/C(=O)O. The number of unbranched alkanes of at least 4 members (excludes halogenated alkanes) is 6. The van der Waals surface area contributed by atoms with Crippen LogP contribution in [0, 0.1) is 0 Å². The number of benzene rings is 1. The monoisotopic (exact) mass is 424 g/mol. The molecular weight excluding hydrogens is 384 g/mol. The minimum atomic E-state index is -0.934. The van der Waals surface area contributed by atoms with Crippen molar-refractivity contribution in [2.45, 2.75) is 77.6 Å². The molecule has 31 heavy (non-hydrogen) atoms. The highest BCUT2D eigenvalue weighted by Gasteiger charge is 2.08. The second kappa shape index (κ2) is 18.2. The van der Waals surface area contributed by atoms with Crippen LogP contribution in [0.4, 0.5) is 0 Å². The third-order valence-corrected chi connectivity index (χ3v) is 5.03. The van der Waals surface area contributed by atoms with E-state index in [1.807, 2.05) is 18.2 Å². The number of ether oxygens (including phenoxy) is 1. The lowest BCUT2D eigenvalue weighted by Crippen LogP contribution is -2.01. The van der Waals surface area contributed by atoms with Crippen molar-refractivity contribution in [1.29, 1.82) is 0 Å². The second-order valence-corrected chi connectivity index (χ2v) is 7.71. The van der Waals surface area contributed by atoms with E-state index in [-0.39, 0.29) is 0 Å². The van der Waals surface area contributed by atoms with E-state index in [9.17, 15) is 4.79 Å². The van der Waals surface area contributed by atoms with Gasteiger partial charge in [0.1, 0.15) is 5.75 Å². The fourth-order valence-corrected chi connectivity index (χ4v) is 3.29. The molecule has 1 aromatic rings. The molecule has 0 saturated heterocycles. The number of allylic oxidation sites excluding steroid dienone is 5. The van der Waals surface area contributed by atoms with Crippen molar-refractivity contribution in [2.24, 2.45) is 0 Å². The van der Waals surface area contributed by atoms with Gasteiger partial charge in [-0.15, -0.1) is 6.58 Å². The minimum Gasteiger partial charge on any atom is -0.493 e. The van der Waals surface area contributed by atoms with E-state index in [1.54, 1.807) is 6.08 Å². The Morgan fingerprint density at radius 1 is 1.00 bits per heavy atom. The van der Waals surface area contributed by atoms with Gasteiger partial charge >= 0.3 is 5.97 Å². The third kappa shape index (κ3) is 13.4. The highest BCUT2D eigenvalue weighted by Crippen LogP contribution is 2.26. The number of hydrogen-bond acceptors (Lipinski definition) is 2. The van der Waals surface area contributed by atoms with Crippen molar-refractivity contribution in [1.82, 2.24) is 0 Å². The van der Waals surface area contributed by atoms with Crippen LogP contribution in [0.5, 0.6) is 5.75 Å². The summed E-state index contributed by atoms with van der Waals surface area (Å²) in [4.78, 5) is 11.0. The quantitative estimate of drug-likeness (QED) is 0.148. The fourth-order valence-electron chi connectivity index (χ4n) is 3.29. The molecule has 3 heteroatoms. The fraction of sp³-hybridized carbons (Fsp3) is 0.464. The summed E-state index contributed by atoms with van der Waals surface area (Å²) in [5, 5.41) is 9.03. The van der Waals surface area contributed by atoms with E-state index in [2.05, 4.69) is 43.9 Å². The standard InChI is InChI=1S/C28H40O3/c1-3-5-7-8-9-10-11-12-13-14-15-16-17-19-25-20-18-21-27(31-24-6-4-2)26(25)22-23-28(29)30/h3,7-8,10-11,18,20-23H,1,4-6,9,12-17,19,24H2,2H3,(H,29,30)/b8-7-,11-10-,23-22+. The minimum absolute atomic E-state index is 0.660. The van der Waals surface area contributed by atoms with Gasteiger partial charge in [-0.05, 0) is 62.7 Å². The lowest BCUT2D eigenvalue weighted by molar-refractivity contribution is -0.131. The highest BCUT2D eigenvalue weighted by atomic mass is 16.5.